The number of pyridine rings is 1. The van der Waals surface area contributed by atoms with Gasteiger partial charge in [-0.3, -0.25) is 4.57 Å². The van der Waals surface area contributed by atoms with Gasteiger partial charge in [0.2, 0.25) is 0 Å². The van der Waals surface area contributed by atoms with E-state index in [0.717, 1.165) is 15.9 Å². The zero-order chi connectivity index (χ0) is 13.6. The number of nitrogens with one attached hydrogen (secondary N) is 1. The van der Waals surface area contributed by atoms with Crippen molar-refractivity contribution in [1.29, 1.82) is 0 Å². The molecule has 0 aromatic carbocycles. The molecule has 0 spiro atoms. The molecule has 0 amide bonds. The Balaban J connectivity index is 2.01. The van der Waals surface area contributed by atoms with Crippen LogP contribution in [0.15, 0.2) is 12.3 Å². The summed E-state index contributed by atoms with van der Waals surface area (Å²) < 4.78 is 3.05. The van der Waals surface area contributed by atoms with Gasteiger partial charge in [0.1, 0.15) is 0 Å². The van der Waals surface area contributed by atoms with E-state index in [1.807, 2.05) is 6.20 Å². The van der Waals surface area contributed by atoms with Gasteiger partial charge in [-0.2, -0.15) is 0 Å². The Morgan fingerprint density at radius 1 is 1.37 bits per heavy atom. The van der Waals surface area contributed by atoms with E-state index in [4.69, 9.17) is 12.2 Å². The highest BCUT2D eigenvalue weighted by Gasteiger charge is 2.28. The van der Waals surface area contributed by atoms with Crippen molar-refractivity contribution in [1.82, 2.24) is 14.5 Å². The smallest absolute Gasteiger partial charge is 0.179 e. The average Bonchev–Trinajstić information content (AvgIpc) is 2.65. The quantitative estimate of drug-likeness (QED) is 0.775. The maximum absolute atomic E-state index is 5.50. The Morgan fingerprint density at radius 2 is 2.05 bits per heavy atom. The first-order valence-electron chi connectivity index (χ1n) is 7.03. The third kappa shape index (κ3) is 2.34. The Bertz CT molecular complexity index is 656. The SMILES string of the molecule is Cc1cnc2c(c1)[nH]c(=S)n2C1CCC(C)(C)CC1. The van der Waals surface area contributed by atoms with Crippen LogP contribution in [0.3, 0.4) is 0 Å². The minimum absolute atomic E-state index is 0.481. The summed E-state index contributed by atoms with van der Waals surface area (Å²) in [4.78, 5) is 7.88. The molecule has 1 fully saturated rings. The van der Waals surface area contributed by atoms with E-state index < -0.39 is 0 Å². The molecule has 0 bridgehead atoms. The van der Waals surface area contributed by atoms with Crippen LogP contribution in [0.4, 0.5) is 0 Å². The summed E-state index contributed by atoms with van der Waals surface area (Å²) in [6, 6.07) is 2.63. The van der Waals surface area contributed by atoms with Gasteiger partial charge in [0, 0.05) is 12.2 Å². The molecular formula is C15H21N3S. The number of aryl methyl sites for hydroxylation is 1. The standard InChI is InChI=1S/C15H21N3S/c1-10-8-12-13(16-9-10)18(14(19)17-12)11-4-6-15(2,3)7-5-11/h8-9,11H,4-7H2,1-3H3,(H,17,19). The van der Waals surface area contributed by atoms with Crippen LogP contribution in [-0.4, -0.2) is 14.5 Å². The van der Waals surface area contributed by atoms with E-state index in [-0.39, 0.29) is 0 Å². The molecule has 2 aromatic heterocycles. The van der Waals surface area contributed by atoms with Crippen molar-refractivity contribution in [3.63, 3.8) is 0 Å². The van der Waals surface area contributed by atoms with Crippen LogP contribution in [0.1, 0.15) is 51.1 Å². The van der Waals surface area contributed by atoms with Crippen LogP contribution in [0.5, 0.6) is 0 Å². The maximum atomic E-state index is 5.50. The van der Waals surface area contributed by atoms with Gasteiger partial charge in [0.25, 0.3) is 0 Å². The average molecular weight is 275 g/mol. The molecule has 0 aliphatic heterocycles. The Hall–Kier alpha value is -1.16. The van der Waals surface area contributed by atoms with Crippen molar-refractivity contribution in [2.45, 2.75) is 52.5 Å². The fourth-order valence-electron chi connectivity index (χ4n) is 3.10. The van der Waals surface area contributed by atoms with Crippen LogP contribution < -0.4 is 0 Å². The molecule has 2 heterocycles. The molecule has 3 nitrogen and oxygen atoms in total. The largest absolute Gasteiger partial charge is 0.329 e. The van der Waals surface area contributed by atoms with Gasteiger partial charge in [-0.05, 0) is 61.9 Å². The second-order valence-electron chi connectivity index (χ2n) is 6.58. The van der Waals surface area contributed by atoms with Crippen molar-refractivity contribution in [2.75, 3.05) is 0 Å². The first-order valence-corrected chi connectivity index (χ1v) is 7.44. The van der Waals surface area contributed by atoms with E-state index in [0.29, 0.717) is 11.5 Å². The van der Waals surface area contributed by atoms with Gasteiger partial charge in [0.15, 0.2) is 10.4 Å². The molecule has 0 unspecified atom stereocenters. The van der Waals surface area contributed by atoms with Crippen LogP contribution in [-0.2, 0) is 0 Å². The predicted octanol–water partition coefficient (Wildman–Crippen LogP) is 4.54. The molecule has 0 radical (unpaired) electrons. The third-order valence-electron chi connectivity index (χ3n) is 4.37. The number of H-pyrrole nitrogens is 1. The highest BCUT2D eigenvalue weighted by molar-refractivity contribution is 7.71. The van der Waals surface area contributed by atoms with Crippen molar-refractivity contribution in [3.05, 3.63) is 22.6 Å². The zero-order valence-electron chi connectivity index (χ0n) is 11.9. The molecule has 1 aliphatic carbocycles. The molecule has 1 saturated carbocycles. The molecule has 0 saturated heterocycles. The normalized spacial score (nSPS) is 19.9. The topological polar surface area (TPSA) is 33.6 Å². The van der Waals surface area contributed by atoms with E-state index in [1.54, 1.807) is 0 Å². The number of imidazole rings is 1. The number of aromatic nitrogens is 3. The molecule has 3 rings (SSSR count). The summed E-state index contributed by atoms with van der Waals surface area (Å²) in [5, 5.41) is 0. The summed E-state index contributed by atoms with van der Waals surface area (Å²) in [5.41, 5.74) is 3.73. The maximum Gasteiger partial charge on any atom is 0.179 e. The van der Waals surface area contributed by atoms with Gasteiger partial charge in [0.05, 0.1) is 5.52 Å². The summed E-state index contributed by atoms with van der Waals surface area (Å²) in [5.74, 6) is 0. The van der Waals surface area contributed by atoms with Gasteiger partial charge < -0.3 is 4.98 Å². The van der Waals surface area contributed by atoms with E-state index >= 15 is 0 Å². The van der Waals surface area contributed by atoms with E-state index in [9.17, 15) is 0 Å². The molecule has 0 atom stereocenters. The van der Waals surface area contributed by atoms with Gasteiger partial charge in [-0.15, -0.1) is 0 Å². The lowest BCUT2D eigenvalue weighted by Crippen LogP contribution is -2.23. The molecule has 1 N–H and O–H groups in total. The van der Waals surface area contributed by atoms with Gasteiger partial charge in [-0.1, -0.05) is 13.8 Å². The summed E-state index contributed by atoms with van der Waals surface area (Å²) in [7, 11) is 0. The van der Waals surface area contributed by atoms with Crippen molar-refractivity contribution in [3.8, 4) is 0 Å². The minimum atomic E-state index is 0.481. The number of nitrogens with zero attached hydrogens (tertiary/aromatic N) is 2. The highest BCUT2D eigenvalue weighted by atomic mass is 32.1. The van der Waals surface area contributed by atoms with Crippen molar-refractivity contribution >= 4 is 23.4 Å². The summed E-state index contributed by atoms with van der Waals surface area (Å²) >= 11 is 5.50. The van der Waals surface area contributed by atoms with Gasteiger partial charge in [-0.25, -0.2) is 4.98 Å². The fourth-order valence-corrected chi connectivity index (χ4v) is 3.44. The van der Waals surface area contributed by atoms with Crippen molar-refractivity contribution in [2.24, 2.45) is 5.41 Å². The number of hydrogen-bond donors (Lipinski definition) is 1. The lowest BCUT2D eigenvalue weighted by Gasteiger charge is -2.34. The molecule has 1 aliphatic rings. The Labute approximate surface area is 119 Å². The van der Waals surface area contributed by atoms with Crippen LogP contribution in [0.25, 0.3) is 11.2 Å². The number of fused-ring (bicyclic) bond motifs is 1. The van der Waals surface area contributed by atoms with Crippen LogP contribution in [0, 0.1) is 17.1 Å². The molecular weight excluding hydrogens is 254 g/mol. The van der Waals surface area contributed by atoms with Gasteiger partial charge >= 0.3 is 0 Å². The Kier molecular flexibility index (Phi) is 3.01. The molecule has 4 heteroatoms. The van der Waals surface area contributed by atoms with E-state index in [2.05, 4.69) is 41.4 Å². The second kappa shape index (κ2) is 4.44. The molecule has 19 heavy (non-hydrogen) atoms. The van der Waals surface area contributed by atoms with Crippen LogP contribution in [0.2, 0.25) is 0 Å². The first kappa shape index (κ1) is 12.9. The number of aromatic amines is 1. The monoisotopic (exact) mass is 275 g/mol. The second-order valence-corrected chi connectivity index (χ2v) is 6.97. The molecule has 2 aromatic rings. The minimum Gasteiger partial charge on any atom is -0.329 e. The summed E-state index contributed by atoms with van der Waals surface area (Å²) in [6.07, 6.45) is 6.85. The highest BCUT2D eigenvalue weighted by Crippen LogP contribution is 2.41. The lowest BCUT2D eigenvalue weighted by atomic mass is 9.75. The van der Waals surface area contributed by atoms with E-state index in [1.165, 1.54) is 31.2 Å². The van der Waals surface area contributed by atoms with Crippen molar-refractivity contribution < 1.29 is 0 Å². The predicted molar refractivity (Wildman–Crippen MR) is 80.9 cm³/mol. The zero-order valence-corrected chi connectivity index (χ0v) is 12.7. The Morgan fingerprint density at radius 3 is 2.74 bits per heavy atom. The number of hydrogen-bond acceptors (Lipinski definition) is 2. The number of rotatable bonds is 1. The lowest BCUT2D eigenvalue weighted by molar-refractivity contribution is 0.195. The first-order chi connectivity index (χ1) is 8.96. The third-order valence-corrected chi connectivity index (χ3v) is 4.66. The molecule has 102 valence electrons. The summed E-state index contributed by atoms with van der Waals surface area (Å²) in [6.45, 7) is 6.78. The fraction of sp³-hybridized carbons (Fsp3) is 0.600. The van der Waals surface area contributed by atoms with Crippen LogP contribution >= 0.6 is 12.2 Å².